The molecule has 0 amide bonds. The van der Waals surface area contributed by atoms with E-state index in [1.54, 1.807) is 6.07 Å². The summed E-state index contributed by atoms with van der Waals surface area (Å²) in [5.74, 6) is 0. The second kappa shape index (κ2) is 9.08. The Morgan fingerprint density at radius 3 is 1.38 bits per heavy atom. The van der Waals surface area contributed by atoms with E-state index in [-0.39, 0.29) is 34.5 Å². The van der Waals surface area contributed by atoms with Crippen molar-refractivity contribution in [2.75, 3.05) is 0 Å². The number of hydrogen-bond acceptors (Lipinski definition) is 3. The Morgan fingerprint density at radius 1 is 0.517 bits per heavy atom. The van der Waals surface area contributed by atoms with Gasteiger partial charge in [0.05, 0.1) is 4.90 Å². The summed E-state index contributed by atoms with van der Waals surface area (Å²) in [6, 6.07) is 31.6. The molecular weight excluding hydrogens is 391 g/mol. The maximum Gasteiger partial charge on any atom is 1.00 e. The quantitative estimate of drug-likeness (QED) is 0.385. The van der Waals surface area contributed by atoms with E-state index in [1.165, 1.54) is 6.07 Å². The van der Waals surface area contributed by atoms with Crippen molar-refractivity contribution < 1.29 is 42.5 Å². The van der Waals surface area contributed by atoms with Crippen LogP contribution in [0.3, 0.4) is 0 Å². The van der Waals surface area contributed by atoms with Crippen LogP contribution in [0.4, 0.5) is 0 Å². The molecule has 0 heterocycles. The van der Waals surface area contributed by atoms with Gasteiger partial charge in [0.1, 0.15) is 10.1 Å². The number of rotatable bonds is 4. The van der Waals surface area contributed by atoms with Crippen molar-refractivity contribution in [1.82, 2.24) is 0 Å². The Kier molecular flexibility index (Phi) is 6.73. The minimum absolute atomic E-state index is 0. The van der Waals surface area contributed by atoms with E-state index >= 15 is 0 Å². The molecule has 0 aliphatic heterocycles. The second-order valence-corrected chi connectivity index (χ2v) is 7.76. The second-order valence-electron chi connectivity index (χ2n) is 6.41. The summed E-state index contributed by atoms with van der Waals surface area (Å²) in [6.45, 7) is 0. The normalized spacial score (nSPS) is 10.9. The first-order valence-electron chi connectivity index (χ1n) is 8.85. The molecule has 0 saturated heterocycles. The van der Waals surface area contributed by atoms with Crippen LogP contribution < -0.4 is 29.6 Å². The molecule has 3 nitrogen and oxygen atoms in total. The first-order chi connectivity index (χ1) is 13.6. The molecule has 0 aliphatic carbocycles. The summed E-state index contributed by atoms with van der Waals surface area (Å²) in [5, 5.41) is 0. The third-order valence-electron chi connectivity index (χ3n) is 4.65. The van der Waals surface area contributed by atoms with Crippen molar-refractivity contribution in [3.05, 3.63) is 103 Å². The van der Waals surface area contributed by atoms with E-state index in [0.29, 0.717) is 11.1 Å². The predicted molar refractivity (Wildman–Crippen MR) is 111 cm³/mol. The fraction of sp³-hybridized carbons (Fsp3) is 0. The van der Waals surface area contributed by atoms with E-state index in [2.05, 4.69) is 0 Å². The zero-order valence-corrected chi connectivity index (χ0v) is 18.8. The molecule has 0 fully saturated rings. The molecular formula is C24H17NaO3S. The summed E-state index contributed by atoms with van der Waals surface area (Å²) in [7, 11) is -4.66. The summed E-state index contributed by atoms with van der Waals surface area (Å²) >= 11 is 0. The van der Waals surface area contributed by atoms with E-state index in [0.717, 1.165) is 22.3 Å². The zero-order valence-electron chi connectivity index (χ0n) is 15.9. The van der Waals surface area contributed by atoms with Gasteiger partial charge in [-0.25, -0.2) is 8.42 Å². The van der Waals surface area contributed by atoms with Gasteiger partial charge in [0.2, 0.25) is 0 Å². The van der Waals surface area contributed by atoms with Gasteiger partial charge in [-0.1, -0.05) is 97.1 Å². The van der Waals surface area contributed by atoms with Gasteiger partial charge in [0.25, 0.3) is 0 Å². The van der Waals surface area contributed by atoms with Crippen molar-refractivity contribution in [3.63, 3.8) is 0 Å². The van der Waals surface area contributed by atoms with Crippen LogP contribution >= 0.6 is 0 Å². The van der Waals surface area contributed by atoms with E-state index < -0.39 is 10.1 Å². The first kappa shape index (κ1) is 21.5. The van der Waals surface area contributed by atoms with E-state index in [9.17, 15) is 13.0 Å². The predicted octanol–water partition coefficient (Wildman–Crippen LogP) is 2.60. The average Bonchev–Trinajstić information content (AvgIpc) is 2.74. The molecule has 0 bridgehead atoms. The Hall–Kier alpha value is -2.21. The van der Waals surface area contributed by atoms with Crippen LogP contribution in [0.15, 0.2) is 108 Å². The van der Waals surface area contributed by atoms with Gasteiger partial charge >= 0.3 is 29.6 Å². The van der Waals surface area contributed by atoms with Crippen molar-refractivity contribution in [2.45, 2.75) is 4.90 Å². The Balaban J connectivity index is 0.00000240. The van der Waals surface area contributed by atoms with Gasteiger partial charge in [-0.2, -0.15) is 0 Å². The minimum atomic E-state index is -4.66. The molecule has 138 valence electrons. The number of hydrogen-bond donors (Lipinski definition) is 0. The molecule has 0 saturated carbocycles. The third kappa shape index (κ3) is 4.53. The molecule has 0 atom stereocenters. The third-order valence-corrected chi connectivity index (χ3v) is 5.53. The van der Waals surface area contributed by atoms with E-state index in [4.69, 9.17) is 0 Å². The molecule has 0 radical (unpaired) electrons. The summed E-state index contributed by atoms with van der Waals surface area (Å²) < 4.78 is 36.3. The van der Waals surface area contributed by atoms with Crippen LogP contribution in [0.2, 0.25) is 0 Å². The Labute approximate surface area is 193 Å². The van der Waals surface area contributed by atoms with Gasteiger partial charge in [-0.15, -0.1) is 0 Å². The van der Waals surface area contributed by atoms with Crippen LogP contribution in [0, 0.1) is 0 Å². The van der Waals surface area contributed by atoms with Crippen LogP contribution in [0.25, 0.3) is 33.4 Å². The monoisotopic (exact) mass is 408 g/mol. The maximum absolute atomic E-state index is 12.1. The van der Waals surface area contributed by atoms with Crippen molar-refractivity contribution >= 4 is 10.1 Å². The van der Waals surface area contributed by atoms with Gasteiger partial charge in [0.15, 0.2) is 0 Å². The summed E-state index contributed by atoms with van der Waals surface area (Å²) in [5.41, 5.74) is 4.53. The topological polar surface area (TPSA) is 57.2 Å². The smallest absolute Gasteiger partial charge is 0.744 e. The molecule has 0 unspecified atom stereocenters. The molecule has 4 aromatic carbocycles. The fourth-order valence-electron chi connectivity index (χ4n) is 3.45. The zero-order chi connectivity index (χ0) is 19.6. The van der Waals surface area contributed by atoms with Gasteiger partial charge in [0, 0.05) is 5.56 Å². The van der Waals surface area contributed by atoms with Crippen LogP contribution in [0.1, 0.15) is 0 Å². The Morgan fingerprint density at radius 2 is 0.931 bits per heavy atom. The SMILES string of the molecule is O=S(=O)([O-])c1ccc(-c2ccccc2)c(-c2ccccc2)c1-c1ccccc1.[Na+]. The van der Waals surface area contributed by atoms with Gasteiger partial charge in [-0.3, -0.25) is 0 Å². The van der Waals surface area contributed by atoms with Crippen LogP contribution in [-0.2, 0) is 10.1 Å². The van der Waals surface area contributed by atoms with Crippen molar-refractivity contribution in [2.24, 2.45) is 0 Å². The fourth-order valence-corrected chi connectivity index (χ4v) is 4.15. The molecule has 4 aromatic rings. The van der Waals surface area contributed by atoms with Crippen molar-refractivity contribution in [3.8, 4) is 33.4 Å². The minimum Gasteiger partial charge on any atom is -0.744 e. The Bertz CT molecular complexity index is 1210. The number of benzene rings is 4. The standard InChI is InChI=1S/C24H18O3S.Na/c25-28(26,27)22-17-16-21(18-10-4-1-5-11-18)23(19-12-6-2-7-13-19)24(22)20-14-8-3-9-15-20;/h1-17H,(H,25,26,27);/q;+1/p-1. The summed E-state index contributed by atoms with van der Waals surface area (Å²) in [4.78, 5) is -0.211. The molecule has 5 heteroatoms. The van der Waals surface area contributed by atoms with Crippen LogP contribution in [-0.4, -0.2) is 13.0 Å². The maximum atomic E-state index is 12.1. The first-order valence-corrected chi connectivity index (χ1v) is 10.3. The molecule has 0 aromatic heterocycles. The molecule has 4 rings (SSSR count). The van der Waals surface area contributed by atoms with Gasteiger partial charge < -0.3 is 4.55 Å². The summed E-state index contributed by atoms with van der Waals surface area (Å²) in [6.07, 6.45) is 0. The van der Waals surface area contributed by atoms with Crippen molar-refractivity contribution in [1.29, 1.82) is 0 Å². The molecule has 0 aliphatic rings. The molecule has 0 spiro atoms. The largest absolute Gasteiger partial charge is 1.00 e. The van der Waals surface area contributed by atoms with Crippen LogP contribution in [0.5, 0.6) is 0 Å². The average molecular weight is 408 g/mol. The van der Waals surface area contributed by atoms with Gasteiger partial charge in [-0.05, 0) is 33.9 Å². The molecule has 0 N–H and O–H groups in total. The van der Waals surface area contributed by atoms with E-state index in [1.807, 2.05) is 91.0 Å². The molecule has 29 heavy (non-hydrogen) atoms.